The van der Waals surface area contributed by atoms with Crippen LogP contribution in [0.2, 0.25) is 0 Å². The Morgan fingerprint density at radius 1 is 0.878 bits per heavy atom. The lowest BCUT2D eigenvalue weighted by atomic mass is 10.0. The molecule has 1 aromatic heterocycles. The first-order valence-corrected chi connectivity index (χ1v) is 12.9. The van der Waals surface area contributed by atoms with Crippen molar-refractivity contribution >= 4 is 40.5 Å². The number of hydrogen-bond donors (Lipinski definition) is 8. The quantitative estimate of drug-likeness (QED) is 0.130. The number of carbonyl (C=O) groups is 5. The average molecular weight is 567 g/mol. The number of primary amides is 1. The SMILES string of the molecule is CC(NC(=O)C(Cc1ccc(O)cc1)NC(=O)C(CCC(N)=O)NC(=O)C(N)Cc1c[nH]c2ccccc12)C(=O)O. The molecule has 0 aliphatic carbocycles. The van der Waals surface area contributed by atoms with Crippen LogP contribution in [0.1, 0.15) is 30.9 Å². The maximum Gasteiger partial charge on any atom is 0.325 e. The van der Waals surface area contributed by atoms with Crippen LogP contribution in [-0.4, -0.2) is 69.0 Å². The number of amides is 4. The third kappa shape index (κ3) is 8.80. The van der Waals surface area contributed by atoms with Crippen molar-refractivity contribution in [1.82, 2.24) is 20.9 Å². The van der Waals surface area contributed by atoms with E-state index in [1.54, 1.807) is 18.3 Å². The summed E-state index contributed by atoms with van der Waals surface area (Å²) in [5.41, 5.74) is 13.7. The maximum atomic E-state index is 13.3. The summed E-state index contributed by atoms with van der Waals surface area (Å²) in [7, 11) is 0. The van der Waals surface area contributed by atoms with Gasteiger partial charge >= 0.3 is 5.97 Å². The molecular formula is C28H34N6O7. The molecule has 218 valence electrons. The van der Waals surface area contributed by atoms with Crippen molar-refractivity contribution in [2.75, 3.05) is 0 Å². The molecule has 0 radical (unpaired) electrons. The van der Waals surface area contributed by atoms with Crippen LogP contribution in [0.4, 0.5) is 0 Å². The van der Waals surface area contributed by atoms with Gasteiger partial charge in [0.25, 0.3) is 0 Å². The van der Waals surface area contributed by atoms with E-state index in [9.17, 15) is 34.2 Å². The number of benzene rings is 2. The predicted octanol–water partition coefficient (Wildman–Crippen LogP) is -0.190. The third-order valence-corrected chi connectivity index (χ3v) is 6.50. The highest BCUT2D eigenvalue weighted by Gasteiger charge is 2.30. The number of H-pyrrole nitrogens is 1. The van der Waals surface area contributed by atoms with Crippen molar-refractivity contribution in [3.8, 4) is 5.75 Å². The number of hydrogen-bond acceptors (Lipinski definition) is 7. The van der Waals surface area contributed by atoms with E-state index in [-0.39, 0.29) is 31.4 Å². The number of para-hydroxylation sites is 1. The fourth-order valence-electron chi connectivity index (χ4n) is 4.19. The van der Waals surface area contributed by atoms with E-state index < -0.39 is 53.8 Å². The lowest BCUT2D eigenvalue weighted by Crippen LogP contribution is -2.57. The van der Waals surface area contributed by atoms with Gasteiger partial charge in [-0.05, 0) is 49.1 Å². The molecule has 2 aromatic carbocycles. The second-order valence-corrected chi connectivity index (χ2v) is 9.74. The second kappa shape index (κ2) is 13.9. The van der Waals surface area contributed by atoms with E-state index in [0.717, 1.165) is 16.5 Å². The number of carboxylic acids is 1. The number of aromatic nitrogens is 1. The van der Waals surface area contributed by atoms with E-state index in [4.69, 9.17) is 11.5 Å². The minimum absolute atomic E-state index is 0.00325. The second-order valence-electron chi connectivity index (χ2n) is 9.74. The van der Waals surface area contributed by atoms with Gasteiger partial charge in [0.15, 0.2) is 0 Å². The Bertz CT molecular complexity index is 1400. The van der Waals surface area contributed by atoms with E-state index in [1.165, 1.54) is 19.1 Å². The predicted molar refractivity (Wildman–Crippen MR) is 149 cm³/mol. The first-order valence-electron chi connectivity index (χ1n) is 12.9. The van der Waals surface area contributed by atoms with Gasteiger partial charge < -0.3 is 42.6 Å². The lowest BCUT2D eigenvalue weighted by Gasteiger charge is -2.25. The van der Waals surface area contributed by atoms with Crippen LogP contribution in [0.5, 0.6) is 5.75 Å². The Morgan fingerprint density at radius 3 is 2.17 bits per heavy atom. The standard InChI is InChI=1S/C28H34N6O7/c1-15(28(40)41)32-27(39)23(12-16-6-8-18(35)9-7-16)34-26(38)22(10-11-24(30)36)33-25(37)20(29)13-17-14-31-21-5-3-2-4-19(17)21/h2-9,14-15,20,22-23,31,35H,10-13,29H2,1H3,(H2,30,36)(H,32,39)(H,33,37)(H,34,38)(H,40,41). The zero-order chi connectivity index (χ0) is 30.1. The monoisotopic (exact) mass is 566 g/mol. The van der Waals surface area contributed by atoms with Crippen molar-refractivity contribution in [1.29, 1.82) is 0 Å². The molecule has 0 aliphatic heterocycles. The summed E-state index contributed by atoms with van der Waals surface area (Å²) in [6, 6.07) is 8.59. The van der Waals surface area contributed by atoms with Crippen molar-refractivity contribution in [3.63, 3.8) is 0 Å². The first kappa shape index (κ1) is 30.6. The smallest absolute Gasteiger partial charge is 0.325 e. The summed E-state index contributed by atoms with van der Waals surface area (Å²) in [5, 5.41) is 27.1. The number of carboxylic acid groups (broad SMARTS) is 1. The molecule has 1 heterocycles. The number of aliphatic carboxylic acids is 1. The molecule has 13 nitrogen and oxygen atoms in total. The molecule has 4 atom stereocenters. The Labute approximate surface area is 235 Å². The number of aromatic amines is 1. The number of nitrogens with two attached hydrogens (primary N) is 2. The van der Waals surface area contributed by atoms with Crippen LogP contribution in [0.3, 0.4) is 0 Å². The van der Waals surface area contributed by atoms with E-state index in [0.29, 0.717) is 5.56 Å². The van der Waals surface area contributed by atoms with Gasteiger partial charge in [0.1, 0.15) is 23.9 Å². The Hall–Kier alpha value is -4.91. The van der Waals surface area contributed by atoms with Crippen LogP contribution in [0, 0.1) is 0 Å². The fourth-order valence-corrected chi connectivity index (χ4v) is 4.19. The molecule has 4 unspecified atom stereocenters. The van der Waals surface area contributed by atoms with Crippen LogP contribution >= 0.6 is 0 Å². The molecule has 0 saturated heterocycles. The summed E-state index contributed by atoms with van der Waals surface area (Å²) in [4.78, 5) is 65.1. The van der Waals surface area contributed by atoms with Gasteiger partial charge in [-0.1, -0.05) is 30.3 Å². The number of nitrogens with one attached hydrogen (secondary N) is 4. The highest BCUT2D eigenvalue weighted by Crippen LogP contribution is 2.19. The van der Waals surface area contributed by atoms with Crippen molar-refractivity contribution in [2.45, 2.75) is 56.8 Å². The van der Waals surface area contributed by atoms with Gasteiger partial charge in [0.2, 0.25) is 23.6 Å². The number of rotatable bonds is 14. The number of phenols is 1. The molecule has 0 spiro atoms. The van der Waals surface area contributed by atoms with E-state index in [1.807, 2.05) is 24.3 Å². The van der Waals surface area contributed by atoms with Gasteiger partial charge in [-0.25, -0.2) is 0 Å². The van der Waals surface area contributed by atoms with Crippen molar-refractivity contribution in [3.05, 3.63) is 65.9 Å². The van der Waals surface area contributed by atoms with Crippen LogP contribution < -0.4 is 27.4 Å². The molecule has 13 heteroatoms. The normalized spacial score (nSPS) is 13.9. The van der Waals surface area contributed by atoms with Gasteiger partial charge in [0, 0.05) is 29.9 Å². The molecule has 3 rings (SSSR count). The molecule has 4 amide bonds. The zero-order valence-electron chi connectivity index (χ0n) is 22.4. The third-order valence-electron chi connectivity index (χ3n) is 6.50. The molecule has 10 N–H and O–H groups in total. The molecular weight excluding hydrogens is 532 g/mol. The van der Waals surface area contributed by atoms with Gasteiger partial charge in [-0.2, -0.15) is 0 Å². The topological polar surface area (TPSA) is 230 Å². The minimum Gasteiger partial charge on any atom is -0.508 e. The van der Waals surface area contributed by atoms with Crippen molar-refractivity contribution < 1.29 is 34.2 Å². The summed E-state index contributed by atoms with van der Waals surface area (Å²) < 4.78 is 0. The number of aromatic hydroxyl groups is 1. The summed E-state index contributed by atoms with van der Waals surface area (Å²) in [6.45, 7) is 1.27. The Morgan fingerprint density at radius 2 is 1.51 bits per heavy atom. The number of phenolic OH excluding ortho intramolecular Hbond substituents is 1. The summed E-state index contributed by atoms with van der Waals surface area (Å²) in [5.74, 6) is -4.20. The Kier molecular flexibility index (Phi) is 10.4. The average Bonchev–Trinajstić information content (AvgIpc) is 3.33. The molecule has 0 fully saturated rings. The highest BCUT2D eigenvalue weighted by molar-refractivity contribution is 5.94. The Balaban J connectivity index is 1.76. The molecule has 0 saturated carbocycles. The van der Waals surface area contributed by atoms with Gasteiger partial charge in [0.05, 0.1) is 6.04 Å². The molecule has 0 bridgehead atoms. The lowest BCUT2D eigenvalue weighted by molar-refractivity contribution is -0.141. The van der Waals surface area contributed by atoms with Crippen LogP contribution in [0.15, 0.2) is 54.7 Å². The summed E-state index contributed by atoms with van der Waals surface area (Å²) in [6.07, 6.45) is 1.46. The van der Waals surface area contributed by atoms with E-state index in [2.05, 4.69) is 20.9 Å². The molecule has 3 aromatic rings. The van der Waals surface area contributed by atoms with Crippen LogP contribution in [-0.2, 0) is 36.8 Å². The maximum absolute atomic E-state index is 13.3. The summed E-state index contributed by atoms with van der Waals surface area (Å²) >= 11 is 0. The fraction of sp³-hybridized carbons (Fsp3) is 0.321. The largest absolute Gasteiger partial charge is 0.508 e. The number of fused-ring (bicyclic) bond motifs is 1. The molecule has 41 heavy (non-hydrogen) atoms. The minimum atomic E-state index is -1.27. The number of carbonyl (C=O) groups excluding carboxylic acids is 4. The van der Waals surface area contributed by atoms with Gasteiger partial charge in [-0.3, -0.25) is 24.0 Å². The van der Waals surface area contributed by atoms with Crippen LogP contribution in [0.25, 0.3) is 10.9 Å². The zero-order valence-corrected chi connectivity index (χ0v) is 22.4. The first-order chi connectivity index (χ1) is 19.4. The molecule has 0 aliphatic rings. The highest BCUT2D eigenvalue weighted by atomic mass is 16.4. The van der Waals surface area contributed by atoms with Gasteiger partial charge in [-0.15, -0.1) is 0 Å². The van der Waals surface area contributed by atoms with E-state index >= 15 is 0 Å². The van der Waals surface area contributed by atoms with Crippen molar-refractivity contribution in [2.24, 2.45) is 11.5 Å².